The van der Waals surface area contributed by atoms with Crippen LogP contribution in [-0.4, -0.2) is 22.0 Å². The molecule has 3 rings (SSSR count). The highest BCUT2D eigenvalue weighted by atomic mass is 35.5. The number of amides is 1. The molecule has 7 heteroatoms. The van der Waals surface area contributed by atoms with E-state index in [2.05, 4.69) is 10.3 Å². The summed E-state index contributed by atoms with van der Waals surface area (Å²) in [6.07, 6.45) is 2.22. The van der Waals surface area contributed by atoms with Crippen molar-refractivity contribution in [2.75, 3.05) is 5.32 Å². The Morgan fingerprint density at radius 2 is 1.88 bits per heavy atom. The number of halogens is 1. The summed E-state index contributed by atoms with van der Waals surface area (Å²) < 4.78 is 0. The standard InChI is InChI=1S/C18H13ClN2O3S/c19-14-6-2-4-12(9-14)16(22)21-18-20-10-15(25-18)8-11-3-1-5-13(7-11)17(23)24/h1-7,9-10H,8H2,(H,23,24)(H,20,21,22). The molecule has 2 aromatic carbocycles. The van der Waals surface area contributed by atoms with E-state index in [1.807, 2.05) is 6.07 Å². The van der Waals surface area contributed by atoms with Gasteiger partial charge in [0, 0.05) is 28.1 Å². The van der Waals surface area contributed by atoms with Crippen LogP contribution >= 0.6 is 22.9 Å². The molecule has 1 aromatic heterocycles. The third-order valence-corrected chi connectivity index (χ3v) is 4.56. The predicted octanol–water partition coefficient (Wildman–Crippen LogP) is 4.34. The molecule has 1 amide bonds. The van der Waals surface area contributed by atoms with Crippen molar-refractivity contribution < 1.29 is 14.7 Å². The topological polar surface area (TPSA) is 79.3 Å². The molecule has 5 nitrogen and oxygen atoms in total. The normalized spacial score (nSPS) is 10.4. The fourth-order valence-corrected chi connectivity index (χ4v) is 3.29. The summed E-state index contributed by atoms with van der Waals surface area (Å²) in [4.78, 5) is 28.3. The number of aromatic nitrogens is 1. The van der Waals surface area contributed by atoms with E-state index in [4.69, 9.17) is 16.7 Å². The Kier molecular flexibility index (Phi) is 5.11. The Balaban J connectivity index is 1.69. The molecule has 0 saturated carbocycles. The molecule has 0 atom stereocenters. The van der Waals surface area contributed by atoms with E-state index in [1.54, 1.807) is 48.7 Å². The first-order valence-electron chi connectivity index (χ1n) is 7.35. The minimum Gasteiger partial charge on any atom is -0.478 e. The first-order valence-corrected chi connectivity index (χ1v) is 8.54. The van der Waals surface area contributed by atoms with Gasteiger partial charge in [0.2, 0.25) is 0 Å². The van der Waals surface area contributed by atoms with Crippen LogP contribution in [0.4, 0.5) is 5.13 Å². The zero-order valence-electron chi connectivity index (χ0n) is 12.9. The summed E-state index contributed by atoms with van der Waals surface area (Å²) in [7, 11) is 0. The number of carboxylic acid groups (broad SMARTS) is 1. The first kappa shape index (κ1) is 17.1. The van der Waals surface area contributed by atoms with Gasteiger partial charge in [-0.15, -0.1) is 11.3 Å². The average Bonchev–Trinajstić information content (AvgIpc) is 3.02. The van der Waals surface area contributed by atoms with Crippen molar-refractivity contribution in [3.8, 4) is 0 Å². The highest BCUT2D eigenvalue weighted by Crippen LogP contribution is 2.22. The molecule has 1 heterocycles. The van der Waals surface area contributed by atoms with Crippen molar-refractivity contribution in [1.29, 1.82) is 0 Å². The maximum atomic E-state index is 12.2. The number of anilines is 1. The van der Waals surface area contributed by atoms with Crippen LogP contribution in [0.3, 0.4) is 0 Å². The zero-order valence-corrected chi connectivity index (χ0v) is 14.5. The molecule has 0 aliphatic carbocycles. The molecule has 0 spiro atoms. The van der Waals surface area contributed by atoms with Gasteiger partial charge in [-0.2, -0.15) is 0 Å². The molecule has 25 heavy (non-hydrogen) atoms. The summed E-state index contributed by atoms with van der Waals surface area (Å²) >= 11 is 7.23. The minimum atomic E-state index is -0.958. The molecule has 2 N–H and O–H groups in total. The van der Waals surface area contributed by atoms with Gasteiger partial charge in [-0.05, 0) is 35.9 Å². The van der Waals surface area contributed by atoms with Gasteiger partial charge in [0.15, 0.2) is 5.13 Å². The number of rotatable bonds is 5. The number of carbonyl (C=O) groups is 2. The lowest BCUT2D eigenvalue weighted by molar-refractivity contribution is 0.0696. The van der Waals surface area contributed by atoms with Gasteiger partial charge in [-0.25, -0.2) is 9.78 Å². The van der Waals surface area contributed by atoms with Gasteiger partial charge in [0.05, 0.1) is 5.56 Å². The third-order valence-electron chi connectivity index (χ3n) is 3.41. The molecular formula is C18H13ClN2O3S. The number of hydrogen-bond donors (Lipinski definition) is 2. The van der Waals surface area contributed by atoms with Crippen molar-refractivity contribution in [3.63, 3.8) is 0 Å². The Labute approximate surface area is 152 Å². The SMILES string of the molecule is O=C(O)c1cccc(Cc2cnc(NC(=O)c3cccc(Cl)c3)s2)c1. The number of aromatic carboxylic acids is 1. The summed E-state index contributed by atoms with van der Waals surface area (Å²) in [6.45, 7) is 0. The monoisotopic (exact) mass is 372 g/mol. The molecule has 0 bridgehead atoms. The third kappa shape index (κ3) is 4.43. The van der Waals surface area contributed by atoms with Crippen LogP contribution in [0, 0.1) is 0 Å². The molecule has 0 aliphatic heterocycles. The van der Waals surface area contributed by atoms with Crippen LogP contribution in [0.25, 0.3) is 0 Å². The Hall–Kier alpha value is -2.70. The van der Waals surface area contributed by atoms with Crippen LogP contribution < -0.4 is 5.32 Å². The highest BCUT2D eigenvalue weighted by molar-refractivity contribution is 7.15. The number of carboxylic acids is 1. The summed E-state index contributed by atoms with van der Waals surface area (Å²) in [6, 6.07) is 13.4. The Bertz CT molecular complexity index is 939. The average molecular weight is 373 g/mol. The van der Waals surface area contributed by atoms with E-state index < -0.39 is 5.97 Å². The second-order valence-corrected chi connectivity index (χ2v) is 6.83. The summed E-state index contributed by atoms with van der Waals surface area (Å²) in [5, 5.41) is 12.7. The molecule has 126 valence electrons. The van der Waals surface area contributed by atoms with Gasteiger partial charge < -0.3 is 5.11 Å². The van der Waals surface area contributed by atoms with Gasteiger partial charge in [0.1, 0.15) is 0 Å². The molecular weight excluding hydrogens is 360 g/mol. The van der Waals surface area contributed by atoms with E-state index >= 15 is 0 Å². The van der Waals surface area contributed by atoms with Crippen LogP contribution in [0.2, 0.25) is 5.02 Å². The fraction of sp³-hybridized carbons (Fsp3) is 0.0556. The number of carbonyl (C=O) groups excluding carboxylic acids is 1. The van der Waals surface area contributed by atoms with Gasteiger partial charge in [-0.1, -0.05) is 29.8 Å². The predicted molar refractivity (Wildman–Crippen MR) is 97.7 cm³/mol. The molecule has 0 aliphatic rings. The lowest BCUT2D eigenvalue weighted by Crippen LogP contribution is -2.11. The second-order valence-electron chi connectivity index (χ2n) is 5.28. The maximum Gasteiger partial charge on any atom is 0.335 e. The maximum absolute atomic E-state index is 12.2. The smallest absolute Gasteiger partial charge is 0.335 e. The van der Waals surface area contributed by atoms with Crippen LogP contribution in [0.15, 0.2) is 54.7 Å². The second kappa shape index (κ2) is 7.46. The molecule has 0 unspecified atom stereocenters. The minimum absolute atomic E-state index is 0.247. The van der Waals surface area contributed by atoms with Crippen molar-refractivity contribution in [2.45, 2.75) is 6.42 Å². The molecule has 0 saturated heterocycles. The summed E-state index contributed by atoms with van der Waals surface area (Å²) in [5.41, 5.74) is 1.58. The van der Waals surface area contributed by atoms with Gasteiger partial charge in [-0.3, -0.25) is 10.1 Å². The first-order chi connectivity index (χ1) is 12.0. The van der Waals surface area contributed by atoms with E-state index in [9.17, 15) is 9.59 Å². The number of hydrogen-bond acceptors (Lipinski definition) is 4. The van der Waals surface area contributed by atoms with Crippen molar-refractivity contribution in [2.24, 2.45) is 0 Å². The number of benzene rings is 2. The van der Waals surface area contributed by atoms with E-state index in [-0.39, 0.29) is 11.5 Å². The van der Waals surface area contributed by atoms with Crippen molar-refractivity contribution in [3.05, 3.63) is 81.3 Å². The zero-order chi connectivity index (χ0) is 17.8. The molecule has 0 radical (unpaired) electrons. The molecule has 3 aromatic rings. The van der Waals surface area contributed by atoms with Crippen LogP contribution in [0.5, 0.6) is 0 Å². The fourth-order valence-electron chi connectivity index (χ4n) is 2.26. The summed E-state index contributed by atoms with van der Waals surface area (Å²) in [5.74, 6) is -1.24. The van der Waals surface area contributed by atoms with E-state index in [1.165, 1.54) is 11.3 Å². The Morgan fingerprint density at radius 3 is 2.64 bits per heavy atom. The number of nitrogens with one attached hydrogen (secondary N) is 1. The number of nitrogens with zero attached hydrogens (tertiary/aromatic N) is 1. The quantitative estimate of drug-likeness (QED) is 0.698. The van der Waals surface area contributed by atoms with Gasteiger partial charge >= 0.3 is 5.97 Å². The van der Waals surface area contributed by atoms with Crippen molar-refractivity contribution in [1.82, 2.24) is 4.98 Å². The Morgan fingerprint density at radius 1 is 1.12 bits per heavy atom. The number of thiazole rings is 1. The lowest BCUT2D eigenvalue weighted by atomic mass is 10.1. The molecule has 0 fully saturated rings. The van der Waals surface area contributed by atoms with Crippen molar-refractivity contribution >= 4 is 39.9 Å². The highest BCUT2D eigenvalue weighted by Gasteiger charge is 2.10. The largest absolute Gasteiger partial charge is 0.478 e. The lowest BCUT2D eigenvalue weighted by Gasteiger charge is -2.02. The van der Waals surface area contributed by atoms with E-state index in [0.29, 0.717) is 22.1 Å². The van der Waals surface area contributed by atoms with Crippen LogP contribution in [0.1, 0.15) is 31.2 Å². The van der Waals surface area contributed by atoms with Gasteiger partial charge in [0.25, 0.3) is 5.91 Å². The van der Waals surface area contributed by atoms with Crippen LogP contribution in [-0.2, 0) is 6.42 Å². The van der Waals surface area contributed by atoms with E-state index in [0.717, 1.165) is 10.4 Å².